The Morgan fingerprint density at radius 1 is 1.10 bits per heavy atom. The molecule has 5 rings (SSSR count). The molecular formula is C26H31Cl2N5O7S. The summed E-state index contributed by atoms with van der Waals surface area (Å²) < 4.78 is 40.8. The molecule has 1 aliphatic carbocycles. The number of hydrogen-bond acceptors (Lipinski definition) is 9. The molecule has 3 aliphatic rings. The van der Waals surface area contributed by atoms with Crippen LogP contribution >= 0.6 is 23.2 Å². The molecule has 0 unspecified atom stereocenters. The van der Waals surface area contributed by atoms with Crippen LogP contribution in [-0.2, 0) is 21.1 Å². The van der Waals surface area contributed by atoms with Gasteiger partial charge in [0.15, 0.2) is 0 Å². The standard InChI is InChI=1S/C26H31Cl2N5O7S/c1-25(2,3)40-24(35)31-12-26(13-31)8-15(9-26)33-21-14(10-29-22(30-21)41(6,36)37)11-32(23(33)34)20-18(27)16(38-4)7-17(39-5)19(20)28/h7,10,15H,8-9,11-13H2,1-6H3. The maximum Gasteiger partial charge on any atom is 0.410 e. The summed E-state index contributed by atoms with van der Waals surface area (Å²) in [5.41, 5.74) is -0.0783. The third-order valence-electron chi connectivity index (χ3n) is 7.37. The summed E-state index contributed by atoms with van der Waals surface area (Å²) in [6.45, 7) is 6.42. The predicted molar refractivity (Wildman–Crippen MR) is 152 cm³/mol. The SMILES string of the molecule is COc1cc(OC)c(Cl)c(N2Cc3cnc(S(C)(=O)=O)nc3N(C3CC4(C3)CN(C(=O)OC(C)(C)C)C4)C2=O)c1Cl. The molecule has 41 heavy (non-hydrogen) atoms. The third kappa shape index (κ3) is 5.23. The number of likely N-dealkylation sites (tertiary alicyclic amines) is 1. The zero-order valence-corrected chi connectivity index (χ0v) is 25.9. The molecule has 222 valence electrons. The lowest BCUT2D eigenvalue weighted by Crippen LogP contribution is -2.69. The van der Waals surface area contributed by atoms with Crippen LogP contribution in [0.25, 0.3) is 0 Å². The van der Waals surface area contributed by atoms with Gasteiger partial charge in [0.25, 0.3) is 0 Å². The fourth-order valence-electron chi connectivity index (χ4n) is 5.55. The topological polar surface area (TPSA) is 131 Å². The molecule has 1 saturated carbocycles. The van der Waals surface area contributed by atoms with E-state index in [4.69, 9.17) is 37.4 Å². The van der Waals surface area contributed by atoms with Crippen LogP contribution in [0.3, 0.4) is 0 Å². The summed E-state index contributed by atoms with van der Waals surface area (Å²) in [5.74, 6) is 0.735. The van der Waals surface area contributed by atoms with Gasteiger partial charge in [-0.1, -0.05) is 23.2 Å². The molecule has 0 radical (unpaired) electrons. The maximum absolute atomic E-state index is 14.2. The van der Waals surface area contributed by atoms with Crippen LogP contribution in [-0.4, -0.2) is 80.6 Å². The third-order valence-corrected chi connectivity index (χ3v) is 8.96. The monoisotopic (exact) mass is 627 g/mol. The first kappa shape index (κ1) is 29.5. The lowest BCUT2D eigenvalue weighted by Gasteiger charge is -2.60. The molecule has 3 heterocycles. The highest BCUT2D eigenvalue weighted by atomic mass is 35.5. The second kappa shape index (κ2) is 10.1. The molecule has 1 aromatic heterocycles. The number of benzene rings is 1. The van der Waals surface area contributed by atoms with Gasteiger partial charge >= 0.3 is 12.1 Å². The minimum Gasteiger partial charge on any atom is -0.495 e. The van der Waals surface area contributed by atoms with Gasteiger partial charge in [-0.3, -0.25) is 9.80 Å². The van der Waals surface area contributed by atoms with Crippen molar-refractivity contribution >= 4 is 56.7 Å². The zero-order chi connectivity index (χ0) is 30.1. The second-order valence-corrected chi connectivity index (χ2v) is 14.3. The van der Waals surface area contributed by atoms with E-state index < -0.39 is 21.5 Å². The Hall–Kier alpha value is -3.03. The lowest BCUT2D eigenvalue weighted by atomic mass is 9.60. The molecular weight excluding hydrogens is 597 g/mol. The van der Waals surface area contributed by atoms with Crippen LogP contribution in [0.1, 0.15) is 39.2 Å². The van der Waals surface area contributed by atoms with E-state index in [2.05, 4.69) is 9.97 Å². The van der Waals surface area contributed by atoms with Crippen molar-refractivity contribution in [3.63, 3.8) is 0 Å². The Labute approximate surface area is 248 Å². The molecule has 1 aromatic carbocycles. The number of nitrogens with zero attached hydrogens (tertiary/aromatic N) is 5. The molecule has 0 N–H and O–H groups in total. The van der Waals surface area contributed by atoms with Gasteiger partial charge in [0, 0.05) is 48.6 Å². The molecule has 2 aliphatic heterocycles. The van der Waals surface area contributed by atoms with Crippen molar-refractivity contribution in [3.05, 3.63) is 27.9 Å². The Bertz CT molecular complexity index is 1500. The van der Waals surface area contributed by atoms with E-state index in [-0.39, 0.29) is 62.3 Å². The highest BCUT2D eigenvalue weighted by Gasteiger charge is 2.58. The predicted octanol–water partition coefficient (Wildman–Crippen LogP) is 4.55. The average Bonchev–Trinajstić information content (AvgIpc) is 2.82. The molecule has 2 fully saturated rings. The molecule has 2 aromatic rings. The van der Waals surface area contributed by atoms with E-state index >= 15 is 0 Å². The minimum atomic E-state index is -3.74. The Kier molecular flexibility index (Phi) is 7.23. The minimum absolute atomic E-state index is 0.0191. The normalized spacial score (nSPS) is 18.5. The summed E-state index contributed by atoms with van der Waals surface area (Å²) in [7, 11) is -0.872. The number of halogens is 2. The molecule has 1 saturated heterocycles. The maximum atomic E-state index is 14.2. The summed E-state index contributed by atoms with van der Waals surface area (Å²) in [6, 6.07) is 0.716. The number of ether oxygens (including phenoxy) is 3. The smallest absolute Gasteiger partial charge is 0.410 e. The van der Waals surface area contributed by atoms with Crippen molar-refractivity contribution in [3.8, 4) is 11.5 Å². The van der Waals surface area contributed by atoms with E-state index in [9.17, 15) is 18.0 Å². The largest absolute Gasteiger partial charge is 0.495 e. The van der Waals surface area contributed by atoms with Gasteiger partial charge in [0.2, 0.25) is 15.0 Å². The van der Waals surface area contributed by atoms with E-state index in [1.807, 2.05) is 20.8 Å². The van der Waals surface area contributed by atoms with E-state index in [1.54, 1.807) is 4.90 Å². The number of methoxy groups -OCH3 is 2. The molecule has 0 bridgehead atoms. The Morgan fingerprint density at radius 2 is 1.68 bits per heavy atom. The van der Waals surface area contributed by atoms with Crippen molar-refractivity contribution < 1.29 is 32.2 Å². The van der Waals surface area contributed by atoms with Gasteiger partial charge in [-0.25, -0.2) is 28.0 Å². The first-order valence-corrected chi connectivity index (χ1v) is 15.5. The molecule has 0 atom stereocenters. The summed E-state index contributed by atoms with van der Waals surface area (Å²) in [5, 5.41) is -0.156. The highest BCUT2D eigenvalue weighted by molar-refractivity contribution is 7.90. The van der Waals surface area contributed by atoms with Crippen molar-refractivity contribution in [2.75, 3.05) is 43.4 Å². The number of hydrogen-bond donors (Lipinski definition) is 0. The number of fused-ring (bicyclic) bond motifs is 1. The fraction of sp³-hybridized carbons (Fsp3) is 0.538. The fourth-order valence-corrected chi connectivity index (χ4v) is 6.75. The number of anilines is 2. The highest BCUT2D eigenvalue weighted by Crippen LogP contribution is 2.53. The van der Waals surface area contributed by atoms with Crippen LogP contribution in [0.5, 0.6) is 11.5 Å². The first-order chi connectivity index (χ1) is 19.1. The van der Waals surface area contributed by atoms with Gasteiger partial charge < -0.3 is 19.1 Å². The average molecular weight is 629 g/mol. The van der Waals surface area contributed by atoms with Crippen LogP contribution in [0, 0.1) is 5.41 Å². The van der Waals surface area contributed by atoms with E-state index in [0.29, 0.717) is 31.5 Å². The van der Waals surface area contributed by atoms with Gasteiger partial charge in [0.05, 0.1) is 26.5 Å². The second-order valence-electron chi connectivity index (χ2n) is 11.7. The number of rotatable bonds is 5. The van der Waals surface area contributed by atoms with Gasteiger partial charge in [-0.15, -0.1) is 0 Å². The summed E-state index contributed by atoms with van der Waals surface area (Å²) in [6.07, 6.45) is 3.18. The Balaban J connectivity index is 1.49. The quantitative estimate of drug-likeness (QED) is 0.438. The van der Waals surface area contributed by atoms with Crippen molar-refractivity contribution in [1.29, 1.82) is 0 Å². The number of urea groups is 1. The first-order valence-electron chi connectivity index (χ1n) is 12.8. The summed E-state index contributed by atoms with van der Waals surface area (Å²) >= 11 is 13.3. The van der Waals surface area contributed by atoms with Crippen molar-refractivity contribution in [2.24, 2.45) is 5.41 Å². The summed E-state index contributed by atoms with van der Waals surface area (Å²) in [4.78, 5) is 39.5. The molecule has 12 nitrogen and oxygen atoms in total. The Morgan fingerprint density at radius 3 is 2.20 bits per heavy atom. The lowest BCUT2D eigenvalue weighted by molar-refractivity contribution is -0.0770. The number of sulfone groups is 1. The number of carbonyl (C=O) groups excluding carboxylic acids is 2. The number of carbonyl (C=O) groups is 2. The van der Waals surface area contributed by atoms with E-state index in [1.165, 1.54) is 36.3 Å². The van der Waals surface area contributed by atoms with Crippen LogP contribution in [0.15, 0.2) is 17.4 Å². The van der Waals surface area contributed by atoms with E-state index in [0.717, 1.165) is 6.26 Å². The molecule has 15 heteroatoms. The van der Waals surface area contributed by atoms with Crippen LogP contribution < -0.4 is 19.3 Å². The number of aromatic nitrogens is 2. The van der Waals surface area contributed by atoms with Crippen LogP contribution in [0.2, 0.25) is 10.0 Å². The van der Waals surface area contributed by atoms with Crippen molar-refractivity contribution in [1.82, 2.24) is 14.9 Å². The van der Waals surface area contributed by atoms with Crippen LogP contribution in [0.4, 0.5) is 21.1 Å². The van der Waals surface area contributed by atoms with Gasteiger partial charge in [-0.2, -0.15) is 0 Å². The van der Waals surface area contributed by atoms with Crippen molar-refractivity contribution in [2.45, 2.75) is 57.0 Å². The number of amides is 3. The zero-order valence-electron chi connectivity index (χ0n) is 23.5. The molecule has 1 spiro atoms. The van der Waals surface area contributed by atoms with Gasteiger partial charge in [-0.05, 0) is 33.6 Å². The van der Waals surface area contributed by atoms with Gasteiger partial charge in [0.1, 0.15) is 33.0 Å². The molecule has 3 amide bonds.